The number of aryl methyl sites for hydroxylation is 1. The molecule has 3 aromatic rings. The van der Waals surface area contributed by atoms with E-state index in [1.165, 1.54) is 27.4 Å². The van der Waals surface area contributed by atoms with Crippen LogP contribution < -0.4 is 35.4 Å². The van der Waals surface area contributed by atoms with E-state index in [9.17, 15) is 0 Å². The zero-order valence-electron chi connectivity index (χ0n) is 14.4. The number of aromatic nitrogens is 1. The van der Waals surface area contributed by atoms with Gasteiger partial charge in [-0.15, -0.1) is 0 Å². The minimum atomic E-state index is 0. The molecular weight excluding hydrogens is 357 g/mol. The van der Waals surface area contributed by atoms with Crippen LogP contribution in [0.2, 0.25) is 0 Å². The highest BCUT2D eigenvalue weighted by Crippen LogP contribution is 2.29. The number of nitrogens with zero attached hydrogens (tertiary/aromatic N) is 1. The highest BCUT2D eigenvalue weighted by molar-refractivity contribution is 6.08. The fraction of sp³-hybridized carbons (Fsp3) is 0.368. The summed E-state index contributed by atoms with van der Waals surface area (Å²) in [5.74, 6) is 0. The molecule has 0 unspecified atom stereocenters. The fourth-order valence-corrected chi connectivity index (χ4v) is 3.17. The van der Waals surface area contributed by atoms with Gasteiger partial charge >= 0.3 is 0 Å². The Morgan fingerprint density at radius 1 is 0.880 bits per heavy atom. The average molecular weight is 382 g/mol. The van der Waals surface area contributed by atoms with E-state index in [1.807, 2.05) is 0 Å². The largest absolute Gasteiger partial charge is 1.00 e. The minimum Gasteiger partial charge on any atom is -1.00 e. The molecule has 0 saturated carbocycles. The zero-order valence-corrected chi connectivity index (χ0v) is 15.9. The number of hydrogen-bond donors (Lipinski definition) is 3. The molecule has 2 aromatic carbocycles. The zero-order chi connectivity index (χ0) is 16.1. The molecule has 1 heterocycles. The second-order valence-corrected chi connectivity index (χ2v) is 5.76. The lowest BCUT2D eigenvalue weighted by molar-refractivity contribution is -0.001000. The van der Waals surface area contributed by atoms with Crippen molar-refractivity contribution < 1.29 is 29.9 Å². The fourth-order valence-electron chi connectivity index (χ4n) is 3.17. The van der Waals surface area contributed by atoms with Crippen molar-refractivity contribution in [3.05, 3.63) is 48.0 Å². The summed E-state index contributed by atoms with van der Waals surface area (Å²) < 4.78 is 2.38. The number of benzene rings is 2. The maximum Gasteiger partial charge on any atom is 0.0555 e. The Bertz CT molecular complexity index is 789. The van der Waals surface area contributed by atoms with Crippen molar-refractivity contribution in [3.8, 4) is 0 Å². The molecular formula is C19H25Cl2N3O-2. The summed E-state index contributed by atoms with van der Waals surface area (Å²) >= 11 is 0. The Morgan fingerprint density at radius 2 is 1.60 bits per heavy atom. The summed E-state index contributed by atoms with van der Waals surface area (Å²) in [6, 6.07) is 15.4. The smallest absolute Gasteiger partial charge is 0.0555 e. The van der Waals surface area contributed by atoms with Crippen molar-refractivity contribution in [2.75, 3.05) is 26.2 Å². The molecule has 3 rings (SSSR count). The van der Waals surface area contributed by atoms with Gasteiger partial charge in [-0.1, -0.05) is 24.3 Å². The Kier molecular flexibility index (Phi) is 9.25. The van der Waals surface area contributed by atoms with Gasteiger partial charge in [0, 0.05) is 54.5 Å². The second-order valence-electron chi connectivity index (χ2n) is 5.76. The van der Waals surface area contributed by atoms with Crippen LogP contribution in [0.1, 0.15) is 12.5 Å². The third-order valence-electron chi connectivity index (χ3n) is 4.25. The molecule has 1 aromatic heterocycles. The van der Waals surface area contributed by atoms with Crippen molar-refractivity contribution >= 4 is 21.8 Å². The van der Waals surface area contributed by atoms with Gasteiger partial charge in [-0.3, -0.25) is 0 Å². The van der Waals surface area contributed by atoms with Crippen molar-refractivity contribution in [2.45, 2.75) is 20.0 Å². The van der Waals surface area contributed by atoms with Crippen molar-refractivity contribution in [3.63, 3.8) is 0 Å². The topological polar surface area (TPSA) is 49.2 Å². The van der Waals surface area contributed by atoms with Crippen molar-refractivity contribution in [1.29, 1.82) is 0 Å². The second kappa shape index (κ2) is 10.6. The predicted octanol–water partition coefficient (Wildman–Crippen LogP) is -3.51. The van der Waals surface area contributed by atoms with E-state index in [1.54, 1.807) is 0 Å². The van der Waals surface area contributed by atoms with E-state index in [0.29, 0.717) is 6.54 Å². The van der Waals surface area contributed by atoms with Crippen LogP contribution in [0.25, 0.3) is 21.8 Å². The Hall–Kier alpha value is -1.30. The number of rotatable bonds is 8. The van der Waals surface area contributed by atoms with Gasteiger partial charge in [0.25, 0.3) is 0 Å². The van der Waals surface area contributed by atoms with Crippen LogP contribution in [0.3, 0.4) is 0 Å². The van der Waals surface area contributed by atoms with Crippen LogP contribution in [0.15, 0.2) is 42.5 Å². The van der Waals surface area contributed by atoms with Gasteiger partial charge in [-0.05, 0) is 30.7 Å². The van der Waals surface area contributed by atoms with E-state index < -0.39 is 0 Å². The van der Waals surface area contributed by atoms with Crippen molar-refractivity contribution in [2.24, 2.45) is 0 Å². The van der Waals surface area contributed by atoms with E-state index in [0.717, 1.165) is 26.2 Å². The maximum absolute atomic E-state index is 8.73. The molecule has 3 N–H and O–H groups in total. The third-order valence-corrected chi connectivity index (χ3v) is 4.25. The van der Waals surface area contributed by atoms with Gasteiger partial charge in [0.2, 0.25) is 0 Å². The molecule has 0 spiro atoms. The van der Waals surface area contributed by atoms with Crippen LogP contribution in [0.5, 0.6) is 0 Å². The van der Waals surface area contributed by atoms with Crippen LogP contribution in [0.4, 0.5) is 0 Å². The molecule has 4 nitrogen and oxygen atoms in total. The van der Waals surface area contributed by atoms with Gasteiger partial charge in [-0.2, -0.15) is 0 Å². The number of fused-ring (bicyclic) bond motifs is 3. The Morgan fingerprint density at radius 3 is 2.36 bits per heavy atom. The number of para-hydroxylation sites is 1. The first kappa shape index (κ1) is 21.7. The Labute approximate surface area is 161 Å². The molecule has 0 aliphatic carbocycles. The van der Waals surface area contributed by atoms with E-state index in [4.69, 9.17) is 5.11 Å². The summed E-state index contributed by atoms with van der Waals surface area (Å²) in [7, 11) is 0. The van der Waals surface area contributed by atoms with Crippen LogP contribution in [-0.2, 0) is 13.1 Å². The summed E-state index contributed by atoms with van der Waals surface area (Å²) in [5.41, 5.74) is 3.92. The monoisotopic (exact) mass is 381 g/mol. The lowest BCUT2D eigenvalue weighted by Gasteiger charge is -2.07. The number of aliphatic hydroxyl groups is 1. The lowest BCUT2D eigenvalue weighted by atomic mass is 10.1. The van der Waals surface area contributed by atoms with E-state index in [2.05, 4.69) is 64.6 Å². The lowest BCUT2D eigenvalue weighted by Crippen LogP contribution is -3.00. The molecule has 0 fully saturated rings. The molecule has 6 heteroatoms. The first-order chi connectivity index (χ1) is 11.3. The first-order valence-electron chi connectivity index (χ1n) is 8.37. The quantitative estimate of drug-likeness (QED) is 0.355. The summed E-state index contributed by atoms with van der Waals surface area (Å²) in [5, 5.41) is 18.0. The molecule has 0 radical (unpaired) electrons. The van der Waals surface area contributed by atoms with Crippen LogP contribution in [0, 0.1) is 0 Å². The van der Waals surface area contributed by atoms with Gasteiger partial charge < -0.3 is 45.1 Å². The van der Waals surface area contributed by atoms with Gasteiger partial charge in [0.05, 0.1) is 6.61 Å². The SMILES string of the molecule is CCn1c2ccccc2c2cc(CNCCNCCO)ccc21.[Cl-].[Cl-]. The third kappa shape index (κ3) is 4.87. The first-order valence-corrected chi connectivity index (χ1v) is 8.37. The standard InChI is InChI=1S/C19H25N3O.2ClH/c1-2-22-18-6-4-3-5-16(18)17-13-15(7-8-19(17)22)14-21-10-9-20-11-12-23;;/h3-8,13,20-21,23H,2,9-12,14H2,1H3;2*1H/p-2. The highest BCUT2D eigenvalue weighted by atomic mass is 35.5. The molecule has 25 heavy (non-hydrogen) atoms. The molecule has 0 aliphatic rings. The molecule has 138 valence electrons. The number of nitrogens with one attached hydrogen (secondary N) is 2. The molecule has 0 amide bonds. The van der Waals surface area contributed by atoms with Gasteiger partial charge in [0.1, 0.15) is 0 Å². The maximum atomic E-state index is 8.73. The summed E-state index contributed by atoms with van der Waals surface area (Å²) in [4.78, 5) is 0. The van der Waals surface area contributed by atoms with Crippen molar-refractivity contribution in [1.82, 2.24) is 15.2 Å². The van der Waals surface area contributed by atoms with Gasteiger partial charge in [-0.25, -0.2) is 0 Å². The normalized spacial score (nSPS) is 10.6. The molecule has 0 saturated heterocycles. The van der Waals surface area contributed by atoms with Crippen LogP contribution in [-0.4, -0.2) is 35.9 Å². The minimum absolute atomic E-state index is 0. The summed E-state index contributed by atoms with van der Waals surface area (Å²) in [6.45, 7) is 6.66. The highest BCUT2D eigenvalue weighted by Gasteiger charge is 2.09. The predicted molar refractivity (Wildman–Crippen MR) is 96.8 cm³/mol. The summed E-state index contributed by atoms with van der Waals surface area (Å²) in [6.07, 6.45) is 0. The number of halogens is 2. The van der Waals surface area contributed by atoms with Crippen LogP contribution >= 0.6 is 0 Å². The molecule has 0 bridgehead atoms. The number of aliphatic hydroxyl groups excluding tert-OH is 1. The average Bonchev–Trinajstić information content (AvgIpc) is 2.91. The number of hydrogen-bond acceptors (Lipinski definition) is 3. The van der Waals surface area contributed by atoms with E-state index >= 15 is 0 Å². The molecule has 0 atom stereocenters. The van der Waals surface area contributed by atoms with E-state index in [-0.39, 0.29) is 31.4 Å². The molecule has 0 aliphatic heterocycles. The van der Waals surface area contributed by atoms with Gasteiger partial charge in [0.15, 0.2) is 0 Å². The Balaban J connectivity index is 0.00000156.